The van der Waals surface area contributed by atoms with E-state index in [4.69, 9.17) is 0 Å². The number of allylic oxidation sites excluding steroid dienone is 1. The zero-order valence-corrected chi connectivity index (χ0v) is 14.0. The fourth-order valence-corrected chi connectivity index (χ4v) is 1.88. The zero-order valence-electron chi connectivity index (χ0n) is 13.2. The highest BCUT2D eigenvalue weighted by atomic mass is 35.5. The maximum atomic E-state index is 13.3. The van der Waals surface area contributed by atoms with E-state index in [1.165, 1.54) is 0 Å². The fraction of sp³-hybridized carbons (Fsp3) is 0.818. The smallest absolute Gasteiger partial charge is 0.234 e. The SMILES string of the molecule is FC(F)=C(Cl)C(F)C(F)(F)C(F)C(F)(F)C(F)(F)C(F)(F)C(F)(C(F)(F)F)C(F)(F)F. The molecule has 0 aromatic rings. The third kappa shape index (κ3) is 4.21. The van der Waals surface area contributed by atoms with Crippen LogP contribution in [0.2, 0.25) is 0 Å². The van der Waals surface area contributed by atoms with Gasteiger partial charge in [-0.2, -0.15) is 70.2 Å². The van der Waals surface area contributed by atoms with Gasteiger partial charge in [0.25, 0.3) is 6.08 Å². The molecule has 0 saturated heterocycles. The molecule has 0 radical (unpaired) electrons. The monoisotopic (exact) mass is 530 g/mol. The van der Waals surface area contributed by atoms with E-state index in [0.29, 0.717) is 0 Å². The van der Waals surface area contributed by atoms with Crippen LogP contribution < -0.4 is 0 Å². The predicted octanol–water partition coefficient (Wildman–Crippen LogP) is 7.38. The molecule has 0 aromatic heterocycles. The van der Waals surface area contributed by atoms with Crippen molar-refractivity contribution in [1.82, 2.24) is 0 Å². The van der Waals surface area contributed by atoms with Gasteiger partial charge in [0, 0.05) is 0 Å². The summed E-state index contributed by atoms with van der Waals surface area (Å²) < 4.78 is 243. The first-order valence-corrected chi connectivity index (χ1v) is 6.87. The molecular formula is C11H2ClF19. The molecule has 0 heterocycles. The first-order valence-electron chi connectivity index (χ1n) is 6.49. The summed E-state index contributed by atoms with van der Waals surface area (Å²) in [6.45, 7) is 0. The van der Waals surface area contributed by atoms with Gasteiger partial charge in [-0.05, 0) is 0 Å². The lowest BCUT2D eigenvalue weighted by Crippen LogP contribution is -2.75. The van der Waals surface area contributed by atoms with E-state index in [9.17, 15) is 83.4 Å². The lowest BCUT2D eigenvalue weighted by atomic mass is 9.85. The molecule has 0 fully saturated rings. The summed E-state index contributed by atoms with van der Waals surface area (Å²) >= 11 is 4.11. The Morgan fingerprint density at radius 3 is 1.16 bits per heavy atom. The number of hydrogen-bond acceptors (Lipinski definition) is 0. The van der Waals surface area contributed by atoms with Gasteiger partial charge in [-0.3, -0.25) is 0 Å². The molecule has 0 amide bonds. The van der Waals surface area contributed by atoms with Crippen molar-refractivity contribution < 1.29 is 83.4 Å². The van der Waals surface area contributed by atoms with Gasteiger partial charge < -0.3 is 0 Å². The minimum Gasteiger partial charge on any atom is -0.234 e. The van der Waals surface area contributed by atoms with Gasteiger partial charge in [0.2, 0.25) is 12.3 Å². The van der Waals surface area contributed by atoms with Crippen molar-refractivity contribution in [2.24, 2.45) is 0 Å². The summed E-state index contributed by atoms with van der Waals surface area (Å²) in [4.78, 5) is 0. The summed E-state index contributed by atoms with van der Waals surface area (Å²) in [7, 11) is 0. The third-order valence-electron chi connectivity index (χ3n) is 3.42. The first kappa shape index (κ1) is 29.7. The Kier molecular flexibility index (Phi) is 7.60. The van der Waals surface area contributed by atoms with Crippen LogP contribution in [-0.2, 0) is 0 Å². The van der Waals surface area contributed by atoms with Gasteiger partial charge in [0.1, 0.15) is 5.03 Å². The molecule has 0 aromatic carbocycles. The normalized spacial score (nSPS) is 17.4. The molecular weight excluding hydrogens is 529 g/mol. The Labute approximate surface area is 161 Å². The standard InChI is InChI=1S/C11H2ClF19/c12-1(3(14)15)2(13)5(17,18)4(16)6(19,20)8(22,23)9(24,25)7(21,10(26,27)28)11(29,30)31/h2,4H. The van der Waals surface area contributed by atoms with Crippen molar-refractivity contribution in [2.75, 3.05) is 0 Å². The van der Waals surface area contributed by atoms with Crippen LogP contribution in [0.5, 0.6) is 0 Å². The minimum absolute atomic E-state index is 3.16. The fourth-order valence-electron chi connectivity index (χ4n) is 1.74. The lowest BCUT2D eigenvalue weighted by Gasteiger charge is -2.43. The van der Waals surface area contributed by atoms with E-state index in [-0.39, 0.29) is 0 Å². The van der Waals surface area contributed by atoms with Crippen LogP contribution in [0.25, 0.3) is 0 Å². The minimum atomic E-state index is -8.77. The summed E-state index contributed by atoms with van der Waals surface area (Å²) in [6.07, 6.45) is -31.8. The molecule has 0 rings (SSSR count). The van der Waals surface area contributed by atoms with E-state index in [1.807, 2.05) is 0 Å². The van der Waals surface area contributed by atoms with Gasteiger partial charge in [-0.1, -0.05) is 11.6 Å². The van der Waals surface area contributed by atoms with Crippen molar-refractivity contribution in [3.05, 3.63) is 11.1 Å². The van der Waals surface area contributed by atoms with E-state index >= 15 is 0 Å². The highest BCUT2D eigenvalue weighted by molar-refractivity contribution is 6.30. The Morgan fingerprint density at radius 2 is 0.903 bits per heavy atom. The molecule has 2 atom stereocenters. The van der Waals surface area contributed by atoms with Gasteiger partial charge in [0.15, 0.2) is 0 Å². The predicted molar refractivity (Wildman–Crippen MR) is 60.6 cm³/mol. The van der Waals surface area contributed by atoms with Crippen LogP contribution >= 0.6 is 11.6 Å². The topological polar surface area (TPSA) is 0 Å². The molecule has 0 aliphatic carbocycles. The maximum absolute atomic E-state index is 13.3. The Balaban J connectivity index is 6.80. The van der Waals surface area contributed by atoms with E-state index < -0.39 is 65.2 Å². The molecule has 20 heteroatoms. The summed E-state index contributed by atoms with van der Waals surface area (Å²) in [6, 6.07) is 0. The quantitative estimate of drug-likeness (QED) is 0.301. The average Bonchev–Trinajstić information content (AvgIpc) is 2.55. The second-order valence-corrected chi connectivity index (χ2v) is 5.84. The molecule has 0 aliphatic rings. The van der Waals surface area contributed by atoms with Crippen molar-refractivity contribution in [3.63, 3.8) is 0 Å². The van der Waals surface area contributed by atoms with Crippen LogP contribution in [0.1, 0.15) is 0 Å². The van der Waals surface area contributed by atoms with E-state index in [1.54, 1.807) is 0 Å². The van der Waals surface area contributed by atoms with Crippen molar-refractivity contribution in [1.29, 1.82) is 0 Å². The molecule has 0 nitrogen and oxygen atoms in total. The summed E-state index contributed by atoms with van der Waals surface area (Å²) in [5.41, 5.74) is -8.58. The van der Waals surface area contributed by atoms with E-state index in [2.05, 4.69) is 11.6 Å². The van der Waals surface area contributed by atoms with Gasteiger partial charge >= 0.3 is 41.7 Å². The van der Waals surface area contributed by atoms with E-state index in [0.717, 1.165) is 0 Å². The lowest BCUT2D eigenvalue weighted by molar-refractivity contribution is -0.450. The van der Waals surface area contributed by atoms with Crippen LogP contribution in [0.3, 0.4) is 0 Å². The summed E-state index contributed by atoms with van der Waals surface area (Å²) in [5, 5.41) is -3.16. The highest BCUT2D eigenvalue weighted by Gasteiger charge is 2.94. The van der Waals surface area contributed by atoms with Crippen molar-refractivity contribution >= 4 is 11.6 Å². The molecule has 0 spiro atoms. The average molecular weight is 531 g/mol. The first-order chi connectivity index (χ1) is 13.2. The maximum Gasteiger partial charge on any atom is 0.438 e. The Morgan fingerprint density at radius 1 is 0.581 bits per heavy atom. The van der Waals surface area contributed by atoms with Crippen molar-refractivity contribution in [2.45, 2.75) is 54.1 Å². The molecule has 31 heavy (non-hydrogen) atoms. The van der Waals surface area contributed by atoms with Crippen LogP contribution in [0.4, 0.5) is 83.4 Å². The largest absolute Gasteiger partial charge is 0.438 e. The molecule has 0 aliphatic heterocycles. The van der Waals surface area contributed by atoms with Crippen LogP contribution in [-0.4, -0.2) is 54.1 Å². The molecule has 0 N–H and O–H groups in total. The molecule has 2 unspecified atom stereocenters. The number of hydrogen-bond donors (Lipinski definition) is 0. The Bertz CT molecular complexity index is 666. The van der Waals surface area contributed by atoms with Gasteiger partial charge in [0.05, 0.1) is 0 Å². The number of alkyl halides is 17. The Hall–Kier alpha value is -1.30. The second-order valence-electron chi connectivity index (χ2n) is 5.43. The zero-order chi connectivity index (χ0) is 25.8. The third-order valence-corrected chi connectivity index (χ3v) is 3.76. The number of halogens is 20. The second kappa shape index (κ2) is 7.93. The summed E-state index contributed by atoms with van der Waals surface area (Å²) in [5.74, 6) is -32.5. The van der Waals surface area contributed by atoms with Crippen LogP contribution in [0.15, 0.2) is 11.1 Å². The van der Waals surface area contributed by atoms with Crippen molar-refractivity contribution in [3.8, 4) is 0 Å². The molecule has 0 bridgehead atoms. The van der Waals surface area contributed by atoms with Crippen LogP contribution in [0, 0.1) is 0 Å². The van der Waals surface area contributed by atoms with Gasteiger partial charge in [-0.15, -0.1) is 0 Å². The number of rotatable bonds is 7. The van der Waals surface area contributed by atoms with Gasteiger partial charge in [-0.25, -0.2) is 13.2 Å². The molecule has 186 valence electrons. The highest BCUT2D eigenvalue weighted by Crippen LogP contribution is 2.63. The molecule has 0 saturated carbocycles.